The smallest absolute Gasteiger partial charge is 0.254 e. The van der Waals surface area contributed by atoms with Gasteiger partial charge in [-0.1, -0.05) is 24.3 Å². The number of aromatic nitrogens is 4. The largest absolute Gasteiger partial charge is 0.354 e. The first-order valence-corrected chi connectivity index (χ1v) is 8.70. The lowest BCUT2D eigenvalue weighted by Crippen LogP contribution is -2.38. The van der Waals surface area contributed by atoms with Crippen LogP contribution in [0.3, 0.4) is 0 Å². The second kappa shape index (κ2) is 5.89. The van der Waals surface area contributed by atoms with Crippen molar-refractivity contribution < 1.29 is 0 Å². The van der Waals surface area contributed by atoms with Gasteiger partial charge in [0.05, 0.1) is 0 Å². The molecule has 5 heteroatoms. The van der Waals surface area contributed by atoms with E-state index < -0.39 is 0 Å². The normalized spacial score (nSPS) is 18.3. The van der Waals surface area contributed by atoms with Crippen LogP contribution in [-0.4, -0.2) is 32.2 Å². The molecule has 0 spiro atoms. The molecule has 1 aliphatic rings. The fourth-order valence-electron chi connectivity index (χ4n) is 3.55. The van der Waals surface area contributed by atoms with Gasteiger partial charge in [-0.15, -0.1) is 5.10 Å². The first-order valence-electron chi connectivity index (χ1n) is 8.70. The van der Waals surface area contributed by atoms with E-state index in [2.05, 4.69) is 41.9 Å². The van der Waals surface area contributed by atoms with E-state index in [0.717, 1.165) is 29.4 Å². The molecule has 0 N–H and O–H groups in total. The Morgan fingerprint density at radius 2 is 1.92 bits per heavy atom. The van der Waals surface area contributed by atoms with Gasteiger partial charge in [-0.2, -0.15) is 9.50 Å². The molecule has 24 heavy (non-hydrogen) atoms. The predicted molar refractivity (Wildman–Crippen MR) is 96.4 cm³/mol. The van der Waals surface area contributed by atoms with Gasteiger partial charge in [-0.3, -0.25) is 0 Å². The first-order chi connectivity index (χ1) is 11.6. The molecule has 0 bridgehead atoms. The molecule has 1 fully saturated rings. The fourth-order valence-corrected chi connectivity index (χ4v) is 3.55. The Balaban J connectivity index is 1.87. The van der Waals surface area contributed by atoms with Gasteiger partial charge in [0.15, 0.2) is 5.82 Å². The van der Waals surface area contributed by atoms with Crippen molar-refractivity contribution in [2.24, 2.45) is 0 Å². The van der Waals surface area contributed by atoms with Crippen molar-refractivity contribution in [3.63, 3.8) is 0 Å². The van der Waals surface area contributed by atoms with Gasteiger partial charge in [0.1, 0.15) is 5.82 Å². The maximum Gasteiger partial charge on any atom is 0.254 e. The predicted octanol–water partition coefficient (Wildman–Crippen LogP) is 3.79. The molecule has 5 nitrogen and oxygen atoms in total. The monoisotopic (exact) mass is 321 g/mol. The molecule has 3 aromatic rings. The Kier molecular flexibility index (Phi) is 3.71. The summed E-state index contributed by atoms with van der Waals surface area (Å²) in [4.78, 5) is 11.7. The Bertz CT molecular complexity index is 883. The van der Waals surface area contributed by atoms with E-state index in [1.54, 1.807) is 0 Å². The van der Waals surface area contributed by atoms with E-state index in [9.17, 15) is 0 Å². The van der Waals surface area contributed by atoms with E-state index >= 15 is 0 Å². The topological polar surface area (TPSA) is 46.3 Å². The quantitative estimate of drug-likeness (QED) is 0.720. The van der Waals surface area contributed by atoms with E-state index in [1.807, 2.05) is 23.6 Å². The molecule has 0 saturated carbocycles. The van der Waals surface area contributed by atoms with Crippen LogP contribution < -0.4 is 4.90 Å². The molecule has 1 saturated heterocycles. The SMILES string of the molecule is Cc1cc(N2CCCCC2C)n2nc(-c3ccccc3C)nc2n1. The zero-order chi connectivity index (χ0) is 16.7. The van der Waals surface area contributed by atoms with E-state index in [0.29, 0.717) is 11.8 Å². The molecular weight excluding hydrogens is 298 g/mol. The van der Waals surface area contributed by atoms with Crippen molar-refractivity contribution in [3.05, 3.63) is 41.6 Å². The summed E-state index contributed by atoms with van der Waals surface area (Å²) in [6, 6.07) is 10.9. The third kappa shape index (κ3) is 2.54. The number of benzene rings is 1. The van der Waals surface area contributed by atoms with Gasteiger partial charge < -0.3 is 4.90 Å². The van der Waals surface area contributed by atoms with Crippen molar-refractivity contribution in [2.45, 2.75) is 46.1 Å². The number of rotatable bonds is 2. The number of anilines is 1. The number of hydrogen-bond acceptors (Lipinski definition) is 4. The molecule has 1 aromatic carbocycles. The van der Waals surface area contributed by atoms with Crippen LogP contribution in [0.5, 0.6) is 0 Å². The zero-order valence-electron chi connectivity index (χ0n) is 14.5. The lowest BCUT2D eigenvalue weighted by molar-refractivity contribution is 0.477. The van der Waals surface area contributed by atoms with Crippen LogP contribution in [0.15, 0.2) is 30.3 Å². The molecule has 3 heterocycles. The minimum atomic E-state index is 0.523. The standard InChI is InChI=1S/C19H23N5/c1-13-8-4-5-10-16(13)18-21-19-20-14(2)12-17(24(19)22-18)23-11-7-6-9-15(23)3/h4-5,8,10,12,15H,6-7,9,11H2,1-3H3. The number of hydrogen-bond donors (Lipinski definition) is 0. The lowest BCUT2D eigenvalue weighted by atomic mass is 10.0. The minimum absolute atomic E-state index is 0.523. The molecule has 1 atom stereocenters. The summed E-state index contributed by atoms with van der Waals surface area (Å²) in [7, 11) is 0. The minimum Gasteiger partial charge on any atom is -0.354 e. The Morgan fingerprint density at radius 3 is 2.71 bits per heavy atom. The molecule has 124 valence electrons. The molecule has 1 aliphatic heterocycles. The highest BCUT2D eigenvalue weighted by Gasteiger charge is 2.23. The van der Waals surface area contributed by atoms with Crippen molar-refractivity contribution in [1.82, 2.24) is 19.6 Å². The molecule has 1 unspecified atom stereocenters. The van der Waals surface area contributed by atoms with Crippen LogP contribution in [0.2, 0.25) is 0 Å². The molecule has 0 amide bonds. The van der Waals surface area contributed by atoms with Crippen LogP contribution in [0.1, 0.15) is 37.4 Å². The summed E-state index contributed by atoms with van der Waals surface area (Å²) in [5.74, 6) is 2.54. The average Bonchev–Trinajstić information content (AvgIpc) is 2.98. The highest BCUT2D eigenvalue weighted by molar-refractivity contribution is 5.62. The Morgan fingerprint density at radius 1 is 1.08 bits per heavy atom. The van der Waals surface area contributed by atoms with Gasteiger partial charge in [-0.25, -0.2) is 4.98 Å². The summed E-state index contributed by atoms with van der Waals surface area (Å²) < 4.78 is 1.91. The second-order valence-electron chi connectivity index (χ2n) is 6.76. The first kappa shape index (κ1) is 15.1. The van der Waals surface area contributed by atoms with Crippen LogP contribution in [0.4, 0.5) is 5.82 Å². The molecule has 2 aromatic heterocycles. The maximum atomic E-state index is 4.80. The van der Waals surface area contributed by atoms with Gasteiger partial charge in [0.2, 0.25) is 0 Å². The number of aryl methyl sites for hydroxylation is 2. The zero-order valence-corrected chi connectivity index (χ0v) is 14.5. The van der Waals surface area contributed by atoms with E-state index in [1.165, 1.54) is 24.8 Å². The molecular formula is C19H23N5. The molecule has 4 rings (SSSR count). The van der Waals surface area contributed by atoms with Gasteiger partial charge in [0, 0.05) is 29.9 Å². The van der Waals surface area contributed by atoms with Crippen LogP contribution >= 0.6 is 0 Å². The molecule has 0 aliphatic carbocycles. The Hall–Kier alpha value is -2.43. The van der Waals surface area contributed by atoms with Crippen LogP contribution in [0, 0.1) is 13.8 Å². The number of fused-ring (bicyclic) bond motifs is 1. The van der Waals surface area contributed by atoms with Crippen molar-refractivity contribution in [1.29, 1.82) is 0 Å². The number of nitrogens with zero attached hydrogens (tertiary/aromatic N) is 5. The molecule has 0 radical (unpaired) electrons. The van der Waals surface area contributed by atoms with Crippen molar-refractivity contribution in [2.75, 3.05) is 11.4 Å². The summed E-state index contributed by atoms with van der Waals surface area (Å²) in [6.45, 7) is 7.48. The summed E-state index contributed by atoms with van der Waals surface area (Å²) in [5, 5.41) is 4.80. The van der Waals surface area contributed by atoms with Gasteiger partial charge >= 0.3 is 0 Å². The van der Waals surface area contributed by atoms with Gasteiger partial charge in [0.25, 0.3) is 5.78 Å². The second-order valence-corrected chi connectivity index (χ2v) is 6.76. The maximum absolute atomic E-state index is 4.80. The summed E-state index contributed by atoms with van der Waals surface area (Å²) in [6.07, 6.45) is 3.76. The highest BCUT2D eigenvalue weighted by atomic mass is 15.4. The third-order valence-electron chi connectivity index (χ3n) is 4.90. The fraction of sp³-hybridized carbons (Fsp3) is 0.421. The van der Waals surface area contributed by atoms with E-state index in [-0.39, 0.29) is 0 Å². The summed E-state index contributed by atoms with van der Waals surface area (Å²) in [5.41, 5.74) is 3.23. The van der Waals surface area contributed by atoms with Crippen LogP contribution in [-0.2, 0) is 0 Å². The highest BCUT2D eigenvalue weighted by Crippen LogP contribution is 2.27. The van der Waals surface area contributed by atoms with E-state index in [4.69, 9.17) is 10.1 Å². The Labute approximate surface area is 142 Å². The summed E-state index contributed by atoms with van der Waals surface area (Å²) >= 11 is 0. The lowest BCUT2D eigenvalue weighted by Gasteiger charge is -2.35. The van der Waals surface area contributed by atoms with Crippen molar-refractivity contribution >= 4 is 11.6 Å². The van der Waals surface area contributed by atoms with Crippen LogP contribution in [0.25, 0.3) is 17.2 Å². The van der Waals surface area contributed by atoms with Gasteiger partial charge in [-0.05, 0) is 45.6 Å². The third-order valence-corrected chi connectivity index (χ3v) is 4.90. The average molecular weight is 321 g/mol. The van der Waals surface area contributed by atoms with Crippen molar-refractivity contribution in [3.8, 4) is 11.4 Å². The number of piperidine rings is 1.